The Bertz CT molecular complexity index is 941. The molecule has 1 aliphatic heterocycles. The van der Waals surface area contributed by atoms with Crippen molar-refractivity contribution in [2.24, 2.45) is 4.99 Å². The summed E-state index contributed by atoms with van der Waals surface area (Å²) in [6, 6.07) is 5.77. The number of benzene rings is 1. The van der Waals surface area contributed by atoms with Crippen molar-refractivity contribution in [3.63, 3.8) is 0 Å². The number of furan rings is 1. The second-order valence-electron chi connectivity index (χ2n) is 7.09. The van der Waals surface area contributed by atoms with Gasteiger partial charge in [0.15, 0.2) is 5.96 Å². The molecule has 31 heavy (non-hydrogen) atoms. The molecule has 1 aromatic heterocycles. The van der Waals surface area contributed by atoms with Crippen LogP contribution in [0, 0.1) is 6.92 Å². The van der Waals surface area contributed by atoms with E-state index in [0.29, 0.717) is 42.7 Å². The smallest absolute Gasteiger partial charge is 0.341 e. The molecule has 0 amide bonds. The number of aryl methyl sites for hydroxylation is 1. The van der Waals surface area contributed by atoms with Gasteiger partial charge < -0.3 is 29.3 Å². The number of nitrogens with zero attached hydrogens (tertiary/aromatic N) is 1. The maximum Gasteiger partial charge on any atom is 0.341 e. The molecule has 0 saturated heterocycles. The number of nitrogens with one attached hydrogen (secondary N) is 2. The third kappa shape index (κ3) is 6.05. The fourth-order valence-corrected chi connectivity index (χ4v) is 3.42. The normalized spacial score (nSPS) is 14.9. The molecule has 0 radical (unpaired) electrons. The Balaban J connectivity index is 0.00000341. The fraction of sp³-hybridized carbons (Fsp3) is 0.455. The number of esters is 1. The quantitative estimate of drug-likeness (QED) is 0.239. The summed E-state index contributed by atoms with van der Waals surface area (Å²) in [4.78, 5) is 16.0. The summed E-state index contributed by atoms with van der Waals surface area (Å²) < 4.78 is 22.1. The maximum absolute atomic E-state index is 11.7. The number of guanidine groups is 1. The van der Waals surface area contributed by atoms with Crippen LogP contribution in [0.5, 0.6) is 11.5 Å². The zero-order valence-electron chi connectivity index (χ0n) is 18.5. The summed E-state index contributed by atoms with van der Waals surface area (Å²) in [6.45, 7) is 7.25. The van der Waals surface area contributed by atoms with E-state index in [2.05, 4.69) is 28.6 Å². The summed E-state index contributed by atoms with van der Waals surface area (Å²) in [7, 11) is 3.04. The van der Waals surface area contributed by atoms with E-state index in [1.165, 1.54) is 12.7 Å². The van der Waals surface area contributed by atoms with Crippen LogP contribution in [0.1, 0.15) is 46.9 Å². The van der Waals surface area contributed by atoms with Gasteiger partial charge >= 0.3 is 5.97 Å². The molecule has 2 N–H and O–H groups in total. The first-order valence-corrected chi connectivity index (χ1v) is 10.0. The minimum Gasteiger partial charge on any atom is -0.494 e. The zero-order chi connectivity index (χ0) is 21.7. The third-order valence-corrected chi connectivity index (χ3v) is 4.85. The van der Waals surface area contributed by atoms with E-state index < -0.39 is 5.97 Å². The minimum absolute atomic E-state index is 0. The zero-order valence-corrected chi connectivity index (χ0v) is 20.9. The molecule has 2 aromatic rings. The highest BCUT2D eigenvalue weighted by Gasteiger charge is 2.22. The fourth-order valence-electron chi connectivity index (χ4n) is 3.42. The highest BCUT2D eigenvalue weighted by atomic mass is 127. The average molecular weight is 543 g/mol. The lowest BCUT2D eigenvalue weighted by atomic mass is 10.1. The lowest BCUT2D eigenvalue weighted by Crippen LogP contribution is -2.36. The number of rotatable bonds is 7. The van der Waals surface area contributed by atoms with Gasteiger partial charge in [-0.05, 0) is 39.0 Å². The molecule has 1 aliphatic rings. The summed E-state index contributed by atoms with van der Waals surface area (Å²) in [5, 5.41) is 6.47. The Morgan fingerprint density at radius 1 is 1.26 bits per heavy atom. The van der Waals surface area contributed by atoms with Crippen molar-refractivity contribution < 1.29 is 23.4 Å². The van der Waals surface area contributed by atoms with Gasteiger partial charge in [-0.15, -0.1) is 24.0 Å². The molecule has 0 fully saturated rings. The summed E-state index contributed by atoms with van der Waals surface area (Å²) in [5.74, 6) is 3.08. The van der Waals surface area contributed by atoms with Crippen molar-refractivity contribution in [3.05, 3.63) is 46.4 Å². The van der Waals surface area contributed by atoms with Gasteiger partial charge in [-0.1, -0.05) is 0 Å². The Kier molecular flexibility index (Phi) is 9.02. The van der Waals surface area contributed by atoms with E-state index >= 15 is 0 Å². The molecule has 170 valence electrons. The third-order valence-electron chi connectivity index (χ3n) is 4.85. The van der Waals surface area contributed by atoms with Crippen molar-refractivity contribution in [1.82, 2.24) is 10.6 Å². The van der Waals surface area contributed by atoms with Crippen LogP contribution >= 0.6 is 24.0 Å². The predicted octanol–water partition coefficient (Wildman–Crippen LogP) is 3.58. The second kappa shape index (κ2) is 11.3. The van der Waals surface area contributed by atoms with Gasteiger partial charge in [0.05, 0.1) is 20.3 Å². The number of halogens is 1. The highest BCUT2D eigenvalue weighted by Crippen LogP contribution is 2.35. The summed E-state index contributed by atoms with van der Waals surface area (Å²) in [6.07, 6.45) is 1.07. The van der Waals surface area contributed by atoms with Crippen molar-refractivity contribution in [1.29, 1.82) is 0 Å². The van der Waals surface area contributed by atoms with Crippen molar-refractivity contribution in [2.75, 3.05) is 20.8 Å². The number of carbonyl (C=O) groups is 1. The lowest BCUT2D eigenvalue weighted by molar-refractivity contribution is 0.0599. The number of aliphatic imine (C=N–C) groups is 1. The van der Waals surface area contributed by atoms with Crippen LogP contribution in [0.15, 0.2) is 27.6 Å². The molecule has 3 rings (SSSR count). The van der Waals surface area contributed by atoms with Gasteiger partial charge in [0.1, 0.15) is 34.7 Å². The maximum atomic E-state index is 11.7. The Hall–Kier alpha value is -2.43. The van der Waals surface area contributed by atoms with Crippen LogP contribution in [0.2, 0.25) is 0 Å². The molecular formula is C22H30IN3O5. The highest BCUT2D eigenvalue weighted by molar-refractivity contribution is 14.0. The van der Waals surface area contributed by atoms with Gasteiger partial charge in [-0.2, -0.15) is 0 Å². The molecule has 1 unspecified atom stereocenters. The Morgan fingerprint density at radius 2 is 2.00 bits per heavy atom. The number of carbonyl (C=O) groups excluding carboxylic acids is 1. The van der Waals surface area contributed by atoms with Crippen LogP contribution in [0.4, 0.5) is 0 Å². The largest absolute Gasteiger partial charge is 0.494 e. The molecular weight excluding hydrogens is 513 g/mol. The van der Waals surface area contributed by atoms with E-state index in [-0.39, 0.29) is 30.1 Å². The predicted molar refractivity (Wildman–Crippen MR) is 129 cm³/mol. The molecule has 9 heteroatoms. The number of hydrogen-bond acceptors (Lipinski definition) is 6. The number of methoxy groups -OCH3 is 1. The first-order chi connectivity index (χ1) is 14.4. The first-order valence-electron chi connectivity index (χ1n) is 10.0. The number of hydrogen-bond donors (Lipinski definition) is 2. The standard InChI is InChI=1S/C22H29N3O5.HI/c1-6-28-19-8-15-7-13(2)29-20(15)9-16(19)11-24-22(23-4)25-12-17-10-18(14(3)30-17)21(26)27-5;/h8-10,13H,6-7,11-12H2,1-5H3,(H2,23,24,25);1H. The van der Waals surface area contributed by atoms with E-state index in [1.54, 1.807) is 20.0 Å². The molecule has 0 bridgehead atoms. The van der Waals surface area contributed by atoms with Gasteiger partial charge in [-0.25, -0.2) is 4.79 Å². The van der Waals surface area contributed by atoms with Gasteiger partial charge in [-0.3, -0.25) is 4.99 Å². The van der Waals surface area contributed by atoms with Crippen molar-refractivity contribution in [2.45, 2.75) is 46.4 Å². The Morgan fingerprint density at radius 3 is 2.68 bits per heavy atom. The molecule has 0 spiro atoms. The number of fused-ring (bicyclic) bond motifs is 1. The molecule has 0 saturated carbocycles. The van der Waals surface area contributed by atoms with Crippen LogP contribution in [0.25, 0.3) is 0 Å². The molecule has 1 aromatic carbocycles. The summed E-state index contributed by atoms with van der Waals surface area (Å²) in [5.41, 5.74) is 2.59. The SMILES string of the molecule is CCOc1cc2c(cc1CNC(=NC)NCc1cc(C(=O)OC)c(C)o1)OC(C)C2.I. The van der Waals surface area contributed by atoms with Crippen molar-refractivity contribution >= 4 is 35.9 Å². The number of ether oxygens (including phenoxy) is 3. The van der Waals surface area contributed by atoms with Crippen molar-refractivity contribution in [3.8, 4) is 11.5 Å². The molecule has 2 heterocycles. The van der Waals surface area contributed by atoms with E-state index in [4.69, 9.17) is 18.6 Å². The van der Waals surface area contributed by atoms with E-state index in [9.17, 15) is 4.79 Å². The molecule has 8 nitrogen and oxygen atoms in total. The van der Waals surface area contributed by atoms with E-state index in [1.807, 2.05) is 13.0 Å². The van der Waals surface area contributed by atoms with E-state index in [0.717, 1.165) is 23.5 Å². The molecule has 1 atom stereocenters. The minimum atomic E-state index is -0.415. The molecule has 0 aliphatic carbocycles. The van der Waals surface area contributed by atoms with Crippen LogP contribution in [-0.4, -0.2) is 38.8 Å². The van der Waals surface area contributed by atoms with Gasteiger partial charge in [0.2, 0.25) is 0 Å². The van der Waals surface area contributed by atoms with Crippen LogP contribution < -0.4 is 20.1 Å². The first kappa shape index (κ1) is 24.8. The summed E-state index contributed by atoms with van der Waals surface area (Å²) >= 11 is 0. The average Bonchev–Trinajstić information content (AvgIpc) is 3.28. The topological polar surface area (TPSA) is 94.3 Å². The van der Waals surface area contributed by atoms with Gasteiger partial charge in [0.25, 0.3) is 0 Å². The Labute approximate surface area is 199 Å². The van der Waals surface area contributed by atoms with Crippen LogP contribution in [0.3, 0.4) is 0 Å². The van der Waals surface area contributed by atoms with Crippen LogP contribution in [-0.2, 0) is 24.2 Å². The second-order valence-corrected chi connectivity index (χ2v) is 7.09. The van der Waals surface area contributed by atoms with Gasteiger partial charge in [0, 0.05) is 31.1 Å². The lowest BCUT2D eigenvalue weighted by Gasteiger charge is -2.15. The monoisotopic (exact) mass is 543 g/mol.